The highest BCUT2D eigenvalue weighted by Gasteiger charge is 2.71. The number of aliphatic hydroxyl groups excluding tert-OH is 1. The Labute approximate surface area is 320 Å². The van der Waals surface area contributed by atoms with Crippen LogP contribution in [0.1, 0.15) is 82.3 Å². The van der Waals surface area contributed by atoms with E-state index in [9.17, 15) is 19.8 Å². The number of fused-ring (bicyclic) bond motifs is 10. The average molecular weight is 768 g/mol. The molecule has 55 heavy (non-hydrogen) atoms. The molecule has 3 aromatic carbocycles. The molecule has 13 nitrogen and oxygen atoms in total. The third-order valence-corrected chi connectivity index (χ3v) is 14.9. The lowest BCUT2D eigenvalue weighted by Gasteiger charge is -2.67. The SMILES string of the molecule is COc1c(C)cc2c(c1O)C1[C@@H]3[C@@H]4SC[C@]5(NCCc6c5oc5ccccc65)C(=O)OC[C@@H](c5c6c(c(C)c(OC(C)=O)c54)OCO6)N3[C@@H](O)[C@@H]3C[C@@]2(C)N13. The van der Waals surface area contributed by atoms with Crippen molar-refractivity contribution in [2.75, 3.05) is 32.8 Å². The summed E-state index contributed by atoms with van der Waals surface area (Å²) in [6.07, 6.45) is 0.348. The Balaban J connectivity index is 1.18. The Morgan fingerprint density at radius 3 is 2.69 bits per heavy atom. The second-order valence-corrected chi connectivity index (χ2v) is 17.2. The molecule has 14 heteroatoms. The first-order chi connectivity index (χ1) is 26.5. The maximum absolute atomic E-state index is 14.8. The summed E-state index contributed by atoms with van der Waals surface area (Å²) in [6.45, 7) is 7.67. The first kappa shape index (κ1) is 33.8. The molecule has 4 aromatic rings. The number of ether oxygens (including phenoxy) is 5. The van der Waals surface area contributed by atoms with Crippen LogP contribution in [0.2, 0.25) is 0 Å². The number of esters is 2. The number of methoxy groups -OCH3 is 1. The fraction of sp³-hybridized carbons (Fsp3) is 0.463. The van der Waals surface area contributed by atoms with E-state index < -0.39 is 52.6 Å². The molecular formula is C41H41N3O10S. The molecule has 0 amide bonds. The number of aromatic hydroxyl groups is 1. The van der Waals surface area contributed by atoms with Gasteiger partial charge in [0.15, 0.2) is 28.5 Å². The third-order valence-electron chi connectivity index (χ3n) is 13.4. The van der Waals surface area contributed by atoms with Gasteiger partial charge in [-0.15, -0.1) is 11.8 Å². The van der Waals surface area contributed by atoms with Crippen LogP contribution in [0.15, 0.2) is 34.7 Å². The molecule has 9 heterocycles. The van der Waals surface area contributed by atoms with Crippen LogP contribution in [0.3, 0.4) is 0 Å². The lowest BCUT2D eigenvalue weighted by Crippen LogP contribution is -2.75. The van der Waals surface area contributed by atoms with Gasteiger partial charge in [-0.05, 0) is 56.9 Å². The summed E-state index contributed by atoms with van der Waals surface area (Å²) < 4.78 is 37.2. The van der Waals surface area contributed by atoms with Gasteiger partial charge >= 0.3 is 11.9 Å². The van der Waals surface area contributed by atoms with Gasteiger partial charge in [0.25, 0.3) is 0 Å². The normalized spacial score (nSPS) is 32.6. The van der Waals surface area contributed by atoms with E-state index in [-0.39, 0.29) is 30.9 Å². The maximum atomic E-state index is 14.8. The van der Waals surface area contributed by atoms with Gasteiger partial charge in [0.05, 0.1) is 30.5 Å². The zero-order chi connectivity index (χ0) is 37.9. The number of carbonyl (C=O) groups is 2. The highest BCUT2D eigenvalue weighted by atomic mass is 32.2. The van der Waals surface area contributed by atoms with Gasteiger partial charge in [0.1, 0.15) is 29.9 Å². The van der Waals surface area contributed by atoms with Crippen LogP contribution < -0.4 is 24.3 Å². The minimum atomic E-state index is -1.34. The molecule has 8 aliphatic heterocycles. The molecule has 8 atom stereocenters. The fourth-order valence-electron chi connectivity index (χ4n) is 11.3. The molecule has 3 fully saturated rings. The average Bonchev–Trinajstić information content (AvgIpc) is 3.85. The molecule has 1 unspecified atom stereocenters. The summed E-state index contributed by atoms with van der Waals surface area (Å²) in [5.74, 6) is 1.55. The van der Waals surface area contributed by atoms with Gasteiger partial charge in [-0.2, -0.15) is 0 Å². The number of nitrogens with zero attached hydrogens (tertiary/aromatic N) is 2. The molecule has 0 aliphatic carbocycles. The standard InChI is InChI=1S/C41H41N3O10S/c1-17-12-22-26(31(46)32(17)49-5)29-30-36-28-27(35-34(51-16-52-35)18(2)33(28)53-19(3)45)24(43(30)38(47)23-13-40(22,4)44(23)29)14-50-39(48)41(15-55-36)37-21(10-11-42-41)20-8-6-7-9-25(20)54-37/h6-9,12,23-24,29-30,36,38,42,46-47H,10-11,13-16H2,1-5H3/t23-,24-,29?,30+,36+,38-,40+,41+/m0/s1. The number of carbonyl (C=O) groups excluding carboxylic acids is 2. The van der Waals surface area contributed by atoms with Crippen molar-refractivity contribution in [1.82, 2.24) is 15.1 Å². The quantitative estimate of drug-likeness (QED) is 0.188. The smallest absolute Gasteiger partial charge is 0.335 e. The molecular weight excluding hydrogens is 727 g/mol. The van der Waals surface area contributed by atoms with Gasteiger partial charge in [-0.3, -0.25) is 19.9 Å². The predicted octanol–water partition coefficient (Wildman–Crippen LogP) is 4.89. The number of phenols is 1. The number of aryl methyl sites for hydroxylation is 1. The molecule has 1 spiro atoms. The number of aliphatic hydroxyl groups is 1. The van der Waals surface area contributed by atoms with E-state index in [0.717, 1.165) is 33.2 Å². The van der Waals surface area contributed by atoms with E-state index in [1.807, 2.05) is 38.1 Å². The molecule has 0 radical (unpaired) electrons. The van der Waals surface area contributed by atoms with E-state index in [2.05, 4.69) is 28.1 Å². The Kier molecular flexibility index (Phi) is 6.96. The Hall–Kier alpha value is -4.47. The van der Waals surface area contributed by atoms with Crippen LogP contribution in [-0.4, -0.2) is 83.1 Å². The molecule has 2 bridgehead atoms. The van der Waals surface area contributed by atoms with Crippen LogP contribution in [0, 0.1) is 13.8 Å². The minimum absolute atomic E-state index is 0.0396. The monoisotopic (exact) mass is 767 g/mol. The van der Waals surface area contributed by atoms with Gasteiger partial charge in [-0.25, -0.2) is 4.79 Å². The van der Waals surface area contributed by atoms with E-state index in [1.165, 1.54) is 18.7 Å². The maximum Gasteiger partial charge on any atom is 0.335 e. The zero-order valence-electron chi connectivity index (χ0n) is 31.1. The number of rotatable bonds is 2. The zero-order valence-corrected chi connectivity index (χ0v) is 31.9. The first-order valence-corrected chi connectivity index (χ1v) is 19.9. The van der Waals surface area contributed by atoms with Crippen molar-refractivity contribution in [3.05, 3.63) is 75.0 Å². The predicted molar refractivity (Wildman–Crippen MR) is 198 cm³/mol. The number of hydrogen-bond donors (Lipinski definition) is 3. The second-order valence-electron chi connectivity index (χ2n) is 16.1. The number of nitrogens with one attached hydrogen (secondary N) is 1. The van der Waals surface area contributed by atoms with Gasteiger partial charge in [-0.1, -0.05) is 18.2 Å². The van der Waals surface area contributed by atoms with Crippen LogP contribution in [-0.2, 0) is 31.8 Å². The van der Waals surface area contributed by atoms with Gasteiger partial charge in [0, 0.05) is 64.0 Å². The van der Waals surface area contributed by atoms with Crippen molar-refractivity contribution in [2.45, 2.75) is 87.3 Å². The van der Waals surface area contributed by atoms with E-state index >= 15 is 0 Å². The number of furan rings is 1. The third kappa shape index (κ3) is 4.08. The van der Waals surface area contributed by atoms with Crippen LogP contribution in [0.4, 0.5) is 0 Å². The highest BCUT2D eigenvalue weighted by molar-refractivity contribution is 7.99. The summed E-state index contributed by atoms with van der Waals surface area (Å²) in [5.41, 5.74) is 4.46. The summed E-state index contributed by atoms with van der Waals surface area (Å²) in [6, 6.07) is 7.95. The van der Waals surface area contributed by atoms with E-state index in [1.54, 1.807) is 7.11 Å². The van der Waals surface area contributed by atoms with E-state index in [0.29, 0.717) is 64.9 Å². The summed E-state index contributed by atoms with van der Waals surface area (Å²) in [7, 11) is 1.56. The molecule has 0 saturated carbocycles. The number of para-hydroxylation sites is 1. The number of hydrogen-bond acceptors (Lipinski definition) is 14. The molecule has 8 aliphatic rings. The lowest BCUT2D eigenvalue weighted by atomic mass is 9.72. The number of piperazine rings is 1. The topological polar surface area (TPSA) is 152 Å². The molecule has 1 aromatic heterocycles. The van der Waals surface area contributed by atoms with Crippen LogP contribution >= 0.6 is 11.8 Å². The largest absolute Gasteiger partial charge is 0.504 e. The van der Waals surface area contributed by atoms with Crippen molar-refractivity contribution in [2.24, 2.45) is 0 Å². The Morgan fingerprint density at radius 2 is 1.89 bits per heavy atom. The Morgan fingerprint density at radius 1 is 1.09 bits per heavy atom. The number of benzene rings is 3. The van der Waals surface area contributed by atoms with Crippen LogP contribution in [0.25, 0.3) is 11.0 Å². The number of thioether (sulfide) groups is 1. The second kappa shape index (κ2) is 11.3. The van der Waals surface area contributed by atoms with Gasteiger partial charge in [0.2, 0.25) is 6.79 Å². The minimum Gasteiger partial charge on any atom is -0.504 e. The van der Waals surface area contributed by atoms with Crippen molar-refractivity contribution < 1.29 is 47.9 Å². The van der Waals surface area contributed by atoms with Crippen LogP contribution in [0.5, 0.6) is 28.7 Å². The van der Waals surface area contributed by atoms with Crippen molar-refractivity contribution in [3.8, 4) is 28.7 Å². The molecule has 3 saturated heterocycles. The molecule has 12 rings (SSSR count). The van der Waals surface area contributed by atoms with Crippen molar-refractivity contribution in [3.63, 3.8) is 0 Å². The molecule has 3 N–H and O–H groups in total. The molecule has 286 valence electrons. The highest BCUT2D eigenvalue weighted by Crippen LogP contribution is 2.70. The summed E-state index contributed by atoms with van der Waals surface area (Å²) in [4.78, 5) is 32.1. The lowest BCUT2D eigenvalue weighted by molar-refractivity contribution is -0.249. The van der Waals surface area contributed by atoms with Crippen molar-refractivity contribution >= 4 is 34.7 Å². The first-order valence-electron chi connectivity index (χ1n) is 18.8. The summed E-state index contributed by atoms with van der Waals surface area (Å²) in [5, 5.41) is 28.7. The van der Waals surface area contributed by atoms with Crippen molar-refractivity contribution in [1.29, 1.82) is 0 Å². The Bertz CT molecular complexity index is 2400. The fourth-order valence-corrected chi connectivity index (χ4v) is 12.9. The summed E-state index contributed by atoms with van der Waals surface area (Å²) >= 11 is 1.52. The van der Waals surface area contributed by atoms with Gasteiger partial charge < -0.3 is 38.3 Å². The van der Waals surface area contributed by atoms with E-state index in [4.69, 9.17) is 28.1 Å². The number of phenolic OH excluding ortho intramolecular Hbond substituents is 1.